The summed E-state index contributed by atoms with van der Waals surface area (Å²) in [6.45, 7) is 1.50. The minimum Gasteiger partial charge on any atom is -0.205 e. The number of benzene rings is 1. The van der Waals surface area contributed by atoms with Crippen LogP contribution in [0.2, 0.25) is 0 Å². The van der Waals surface area contributed by atoms with Crippen LogP contribution in [0.3, 0.4) is 0 Å². The molecular formula is C7H4Br2F3N. The standard InChI is InChI=1S/C7H4Br2F3N/c1-3-2-4(8)7(13(11)12)5(9)6(3)10/h2H,1H3. The lowest BCUT2D eigenvalue weighted by Gasteiger charge is -2.09. The van der Waals surface area contributed by atoms with Gasteiger partial charge in [-0.2, -0.15) is 0 Å². The fourth-order valence-corrected chi connectivity index (χ4v) is 2.46. The van der Waals surface area contributed by atoms with Crippen LogP contribution >= 0.6 is 31.9 Å². The van der Waals surface area contributed by atoms with Crippen LogP contribution in [0.1, 0.15) is 5.56 Å². The minimum atomic E-state index is -1.14. The molecule has 0 aliphatic heterocycles. The van der Waals surface area contributed by atoms with E-state index in [0.717, 1.165) is 0 Å². The van der Waals surface area contributed by atoms with Gasteiger partial charge in [0.2, 0.25) is 0 Å². The van der Waals surface area contributed by atoms with Crippen molar-refractivity contribution in [2.45, 2.75) is 6.92 Å². The van der Waals surface area contributed by atoms with Crippen molar-refractivity contribution in [3.05, 3.63) is 26.4 Å². The van der Waals surface area contributed by atoms with Gasteiger partial charge in [0, 0.05) is 4.47 Å². The zero-order valence-electron chi connectivity index (χ0n) is 6.41. The van der Waals surface area contributed by atoms with E-state index in [-0.39, 0.29) is 8.95 Å². The molecule has 1 nitrogen and oxygen atoms in total. The fraction of sp³-hybridized carbons (Fsp3) is 0.143. The summed E-state index contributed by atoms with van der Waals surface area (Å²) in [5, 5.41) is -1.14. The van der Waals surface area contributed by atoms with Gasteiger partial charge in [-0.05, 0) is 55.8 Å². The molecule has 0 amide bonds. The Labute approximate surface area is 89.7 Å². The Balaban J connectivity index is 3.44. The number of aryl methyl sites for hydroxylation is 1. The smallest absolute Gasteiger partial charge is 0.142 e. The Morgan fingerprint density at radius 3 is 2.31 bits per heavy atom. The second-order valence-electron chi connectivity index (χ2n) is 2.38. The summed E-state index contributed by atoms with van der Waals surface area (Å²) < 4.78 is 37.4. The van der Waals surface area contributed by atoms with Crippen LogP contribution in [0.4, 0.5) is 19.0 Å². The quantitative estimate of drug-likeness (QED) is 0.553. The summed E-state index contributed by atoms with van der Waals surface area (Å²) in [6.07, 6.45) is 0. The van der Waals surface area contributed by atoms with E-state index in [1.807, 2.05) is 0 Å². The molecule has 13 heavy (non-hydrogen) atoms. The highest BCUT2D eigenvalue weighted by Crippen LogP contribution is 2.38. The van der Waals surface area contributed by atoms with Crippen LogP contribution in [0.25, 0.3) is 0 Å². The molecule has 0 radical (unpaired) electrons. The molecule has 1 aromatic rings. The van der Waals surface area contributed by atoms with Crippen LogP contribution in [0, 0.1) is 12.7 Å². The maximum absolute atomic E-state index is 13.1. The van der Waals surface area contributed by atoms with Crippen molar-refractivity contribution in [1.29, 1.82) is 0 Å². The van der Waals surface area contributed by atoms with Crippen LogP contribution in [-0.4, -0.2) is 0 Å². The summed E-state index contributed by atoms with van der Waals surface area (Å²) in [6, 6.07) is 1.29. The Bertz CT molecular complexity index is 341. The van der Waals surface area contributed by atoms with Gasteiger partial charge in [-0.15, -0.1) is 0 Å². The van der Waals surface area contributed by atoms with Crippen LogP contribution in [0.15, 0.2) is 15.0 Å². The molecule has 72 valence electrons. The molecule has 0 atom stereocenters. The second-order valence-corrected chi connectivity index (χ2v) is 4.03. The van der Waals surface area contributed by atoms with Crippen LogP contribution < -0.4 is 5.34 Å². The number of rotatable bonds is 1. The van der Waals surface area contributed by atoms with Gasteiger partial charge in [-0.25, -0.2) is 4.39 Å². The molecule has 0 N–H and O–H groups in total. The molecule has 0 unspecified atom stereocenters. The van der Waals surface area contributed by atoms with Crippen LogP contribution in [-0.2, 0) is 0 Å². The summed E-state index contributed by atoms with van der Waals surface area (Å²) in [5.74, 6) is -0.682. The Morgan fingerprint density at radius 1 is 1.31 bits per heavy atom. The number of hydrogen-bond acceptors (Lipinski definition) is 1. The lowest BCUT2D eigenvalue weighted by Crippen LogP contribution is -2.00. The highest BCUT2D eigenvalue weighted by atomic mass is 79.9. The lowest BCUT2D eigenvalue weighted by atomic mass is 10.2. The Morgan fingerprint density at radius 2 is 1.85 bits per heavy atom. The third-order valence-electron chi connectivity index (χ3n) is 1.49. The second kappa shape index (κ2) is 3.88. The normalized spacial score (nSPS) is 10.3. The number of anilines is 1. The number of halogens is 5. The first-order chi connectivity index (χ1) is 5.95. The lowest BCUT2D eigenvalue weighted by molar-refractivity contribution is 0.233. The van der Waals surface area contributed by atoms with Gasteiger partial charge in [-0.3, -0.25) is 0 Å². The average molecular weight is 319 g/mol. The molecule has 0 aliphatic carbocycles. The molecule has 0 saturated heterocycles. The topological polar surface area (TPSA) is 3.24 Å². The zero-order valence-corrected chi connectivity index (χ0v) is 9.59. The number of nitrogens with zero attached hydrogens (tertiary/aromatic N) is 1. The molecule has 0 heterocycles. The Hall–Kier alpha value is -0.230. The summed E-state index contributed by atoms with van der Waals surface area (Å²) in [5.41, 5.74) is -0.215. The van der Waals surface area contributed by atoms with Crippen molar-refractivity contribution in [3.63, 3.8) is 0 Å². The molecule has 1 aromatic carbocycles. The molecule has 0 spiro atoms. The first-order valence-corrected chi connectivity index (χ1v) is 4.79. The molecule has 1 rings (SSSR count). The van der Waals surface area contributed by atoms with Crippen molar-refractivity contribution in [2.75, 3.05) is 5.34 Å². The van der Waals surface area contributed by atoms with Gasteiger partial charge in [0.15, 0.2) is 0 Å². The van der Waals surface area contributed by atoms with E-state index in [4.69, 9.17) is 0 Å². The van der Waals surface area contributed by atoms with E-state index < -0.39 is 16.8 Å². The number of hydrogen-bond donors (Lipinski definition) is 0. The van der Waals surface area contributed by atoms with E-state index in [1.54, 1.807) is 0 Å². The van der Waals surface area contributed by atoms with E-state index in [2.05, 4.69) is 31.9 Å². The molecule has 0 saturated carbocycles. The largest absolute Gasteiger partial charge is 0.205 e. The van der Waals surface area contributed by atoms with E-state index in [0.29, 0.717) is 5.56 Å². The van der Waals surface area contributed by atoms with Crippen molar-refractivity contribution in [3.8, 4) is 0 Å². The predicted octanol–water partition coefficient (Wildman–Crippen LogP) is 4.23. The average Bonchev–Trinajstić information content (AvgIpc) is 1.99. The van der Waals surface area contributed by atoms with Gasteiger partial charge >= 0.3 is 0 Å². The molecule has 0 fully saturated rings. The van der Waals surface area contributed by atoms with E-state index in [1.165, 1.54) is 13.0 Å². The first-order valence-electron chi connectivity index (χ1n) is 3.21. The van der Waals surface area contributed by atoms with Gasteiger partial charge < -0.3 is 0 Å². The van der Waals surface area contributed by atoms with Crippen molar-refractivity contribution < 1.29 is 13.4 Å². The third kappa shape index (κ3) is 1.99. The summed E-state index contributed by atoms with van der Waals surface area (Å²) >= 11 is 5.67. The summed E-state index contributed by atoms with van der Waals surface area (Å²) in [4.78, 5) is 0. The maximum atomic E-state index is 13.1. The molecule has 0 aliphatic rings. The molecule has 0 aromatic heterocycles. The molecule has 6 heteroatoms. The zero-order chi connectivity index (χ0) is 10.2. The van der Waals surface area contributed by atoms with Gasteiger partial charge in [-0.1, -0.05) is 8.96 Å². The maximum Gasteiger partial charge on any atom is 0.142 e. The molecular weight excluding hydrogens is 315 g/mol. The SMILES string of the molecule is Cc1cc(Br)c(N(F)F)c(Br)c1F. The van der Waals surface area contributed by atoms with Crippen molar-refractivity contribution >= 4 is 37.5 Å². The fourth-order valence-electron chi connectivity index (χ4n) is 0.859. The monoisotopic (exact) mass is 317 g/mol. The Kier molecular flexibility index (Phi) is 3.23. The third-order valence-corrected chi connectivity index (χ3v) is 2.81. The van der Waals surface area contributed by atoms with Gasteiger partial charge in [0.05, 0.1) is 4.47 Å². The first kappa shape index (κ1) is 10.8. The highest BCUT2D eigenvalue weighted by molar-refractivity contribution is 9.11. The van der Waals surface area contributed by atoms with Crippen molar-refractivity contribution in [1.82, 2.24) is 0 Å². The van der Waals surface area contributed by atoms with Crippen molar-refractivity contribution in [2.24, 2.45) is 0 Å². The van der Waals surface area contributed by atoms with Gasteiger partial charge in [0.25, 0.3) is 0 Å². The highest BCUT2D eigenvalue weighted by Gasteiger charge is 2.18. The predicted molar refractivity (Wildman–Crippen MR) is 51.2 cm³/mol. The minimum absolute atomic E-state index is 0.142. The van der Waals surface area contributed by atoms with Crippen LogP contribution in [0.5, 0.6) is 0 Å². The van der Waals surface area contributed by atoms with E-state index in [9.17, 15) is 13.4 Å². The van der Waals surface area contributed by atoms with E-state index >= 15 is 0 Å². The molecule has 0 bridgehead atoms. The van der Waals surface area contributed by atoms with Gasteiger partial charge in [0.1, 0.15) is 11.5 Å². The summed E-state index contributed by atoms with van der Waals surface area (Å²) in [7, 11) is 0.